The van der Waals surface area contributed by atoms with E-state index in [0.29, 0.717) is 22.6 Å². The minimum Gasteiger partial charge on any atom is -0.486 e. The molecular weight excluding hydrogens is 502 g/mol. The molecule has 0 aliphatic rings. The molecule has 7 heteroatoms. The number of thioether (sulfide) groups is 1. The fraction of sp³-hybridized carbons (Fsp3) is 0.567. The zero-order valence-corrected chi connectivity index (χ0v) is 25.4. The second kappa shape index (κ2) is 13.7. The van der Waals surface area contributed by atoms with Crippen molar-refractivity contribution in [2.24, 2.45) is 5.41 Å². The van der Waals surface area contributed by atoms with Crippen LogP contribution in [-0.4, -0.2) is 37.6 Å². The number of carbonyl (C=O) groups is 1. The van der Waals surface area contributed by atoms with E-state index in [1.165, 1.54) is 11.1 Å². The van der Waals surface area contributed by atoms with Gasteiger partial charge < -0.3 is 4.74 Å². The largest absolute Gasteiger partial charge is 0.486 e. The maximum Gasteiger partial charge on any atom is 0.233 e. The van der Waals surface area contributed by atoms with Crippen LogP contribution in [0.25, 0.3) is 0 Å². The molecule has 0 saturated carbocycles. The van der Waals surface area contributed by atoms with Crippen molar-refractivity contribution in [2.45, 2.75) is 85.8 Å². The number of ketones is 1. The molecule has 37 heavy (non-hydrogen) atoms. The van der Waals surface area contributed by atoms with Gasteiger partial charge in [0.2, 0.25) is 10.0 Å². The molecule has 0 aliphatic carbocycles. The number of hydrogen-bond acceptors (Lipinski definition) is 5. The molecule has 0 aromatic heterocycles. The summed E-state index contributed by atoms with van der Waals surface area (Å²) < 4.78 is 33.5. The lowest BCUT2D eigenvalue weighted by atomic mass is 9.89. The van der Waals surface area contributed by atoms with E-state index in [2.05, 4.69) is 43.7 Å². The lowest BCUT2D eigenvalue weighted by molar-refractivity contribution is -0.128. The summed E-state index contributed by atoms with van der Waals surface area (Å²) in [6.07, 6.45) is 2.93. The monoisotopic (exact) mass is 547 g/mol. The number of aryl methyl sites for hydroxylation is 3. The van der Waals surface area contributed by atoms with E-state index in [1.54, 1.807) is 11.8 Å². The van der Waals surface area contributed by atoms with Gasteiger partial charge in [0.15, 0.2) is 5.78 Å². The lowest BCUT2D eigenvalue weighted by Crippen LogP contribution is -2.26. The molecule has 0 radical (unpaired) electrons. The van der Waals surface area contributed by atoms with Gasteiger partial charge in [-0.1, -0.05) is 65.8 Å². The quantitative estimate of drug-likeness (QED) is 0.268. The molecule has 0 fully saturated rings. The molecule has 1 unspecified atom stereocenters. The standard InChI is InChI=1S/C30H45NO4S2/c1-9-25(26-13-15-28(23(5)19-26)35-20-29(32)30(6,7)8)12-10-24-11-14-27(22(4)18-24)31-37(33,34)17-16-36-21(2)3/h11,13-15,18-19,21,25,31H,9-10,12,16-17,20H2,1-8H3. The molecule has 1 atom stereocenters. The van der Waals surface area contributed by atoms with Gasteiger partial charge in [0, 0.05) is 11.2 Å². The summed E-state index contributed by atoms with van der Waals surface area (Å²) in [4.78, 5) is 12.2. The summed E-state index contributed by atoms with van der Waals surface area (Å²) in [6.45, 7) is 16.1. The van der Waals surface area contributed by atoms with Gasteiger partial charge in [-0.05, 0) is 78.7 Å². The van der Waals surface area contributed by atoms with Crippen LogP contribution in [0.3, 0.4) is 0 Å². The Labute approximate surface area is 229 Å². The van der Waals surface area contributed by atoms with Gasteiger partial charge in [-0.3, -0.25) is 9.52 Å². The second-order valence-electron chi connectivity index (χ2n) is 11.1. The third-order valence-corrected chi connectivity index (χ3v) is 9.14. The molecule has 0 spiro atoms. The Kier molecular flexibility index (Phi) is 11.6. The molecular formula is C30H45NO4S2. The average molecular weight is 548 g/mol. The van der Waals surface area contributed by atoms with Crippen molar-refractivity contribution in [3.63, 3.8) is 0 Å². The summed E-state index contributed by atoms with van der Waals surface area (Å²) >= 11 is 1.65. The average Bonchev–Trinajstić information content (AvgIpc) is 2.79. The van der Waals surface area contributed by atoms with Crippen molar-refractivity contribution in [1.82, 2.24) is 0 Å². The highest BCUT2D eigenvalue weighted by Gasteiger charge is 2.22. The van der Waals surface area contributed by atoms with Crippen LogP contribution in [0.4, 0.5) is 5.69 Å². The third kappa shape index (κ3) is 10.4. The first kappa shape index (κ1) is 31.2. The van der Waals surface area contributed by atoms with Crippen LogP contribution >= 0.6 is 11.8 Å². The van der Waals surface area contributed by atoms with Crippen LogP contribution in [0.5, 0.6) is 5.75 Å². The van der Waals surface area contributed by atoms with E-state index in [-0.39, 0.29) is 18.1 Å². The van der Waals surface area contributed by atoms with Gasteiger partial charge in [-0.15, -0.1) is 0 Å². The number of ether oxygens (including phenoxy) is 1. The van der Waals surface area contributed by atoms with Crippen LogP contribution in [-0.2, 0) is 21.2 Å². The Morgan fingerprint density at radius 2 is 1.76 bits per heavy atom. The highest BCUT2D eigenvalue weighted by atomic mass is 32.2. The first-order valence-electron chi connectivity index (χ1n) is 13.2. The Hall–Kier alpha value is -1.99. The summed E-state index contributed by atoms with van der Waals surface area (Å²) in [7, 11) is -3.36. The predicted octanol–water partition coefficient (Wildman–Crippen LogP) is 7.31. The minimum atomic E-state index is -3.36. The van der Waals surface area contributed by atoms with E-state index < -0.39 is 15.4 Å². The topological polar surface area (TPSA) is 72.5 Å². The number of sulfonamides is 1. The molecule has 2 aromatic rings. The van der Waals surface area contributed by atoms with Gasteiger partial charge in [-0.25, -0.2) is 8.42 Å². The van der Waals surface area contributed by atoms with Crippen molar-refractivity contribution in [3.8, 4) is 5.75 Å². The Morgan fingerprint density at radius 1 is 1.05 bits per heavy atom. The SMILES string of the molecule is CCC(CCc1ccc(NS(=O)(=O)CCSC(C)C)c(C)c1)c1ccc(OCC(=O)C(C)(C)C)c(C)c1. The van der Waals surface area contributed by atoms with Gasteiger partial charge >= 0.3 is 0 Å². The van der Waals surface area contributed by atoms with E-state index in [0.717, 1.165) is 36.1 Å². The summed E-state index contributed by atoms with van der Waals surface area (Å²) in [5, 5.41) is 0.419. The predicted molar refractivity (Wildman–Crippen MR) is 159 cm³/mol. The Morgan fingerprint density at radius 3 is 2.32 bits per heavy atom. The third-order valence-electron chi connectivity index (χ3n) is 6.50. The van der Waals surface area contributed by atoms with Gasteiger partial charge in [-0.2, -0.15) is 11.8 Å². The maximum absolute atomic E-state index is 12.4. The molecule has 0 aliphatic heterocycles. The van der Waals surface area contributed by atoms with Gasteiger partial charge in [0.05, 0.1) is 11.4 Å². The first-order valence-corrected chi connectivity index (χ1v) is 15.9. The molecule has 2 aromatic carbocycles. The van der Waals surface area contributed by atoms with Crippen molar-refractivity contribution in [3.05, 3.63) is 58.7 Å². The van der Waals surface area contributed by atoms with E-state index in [1.807, 2.05) is 52.8 Å². The Balaban J connectivity index is 1.99. The fourth-order valence-electron chi connectivity index (χ4n) is 4.00. The molecule has 0 amide bonds. The smallest absolute Gasteiger partial charge is 0.233 e. The highest BCUT2D eigenvalue weighted by molar-refractivity contribution is 8.01. The van der Waals surface area contributed by atoms with Crippen molar-refractivity contribution < 1.29 is 17.9 Å². The molecule has 206 valence electrons. The van der Waals surface area contributed by atoms with Gasteiger partial charge in [0.1, 0.15) is 12.4 Å². The summed E-state index contributed by atoms with van der Waals surface area (Å²) in [5.74, 6) is 1.95. The molecule has 5 nitrogen and oxygen atoms in total. The fourth-order valence-corrected chi connectivity index (χ4v) is 6.40. The van der Waals surface area contributed by atoms with Crippen molar-refractivity contribution in [1.29, 1.82) is 0 Å². The number of Topliss-reactive ketones (excluding diaryl/α,β-unsaturated/α-hetero) is 1. The molecule has 2 rings (SSSR count). The van der Waals surface area contributed by atoms with Gasteiger partial charge in [0.25, 0.3) is 0 Å². The molecule has 1 N–H and O–H groups in total. The van der Waals surface area contributed by atoms with Crippen LogP contribution in [0.2, 0.25) is 0 Å². The molecule has 0 heterocycles. The first-order chi connectivity index (χ1) is 17.2. The summed E-state index contributed by atoms with van der Waals surface area (Å²) in [5.41, 5.74) is 4.70. The molecule has 0 saturated heterocycles. The zero-order chi connectivity index (χ0) is 27.8. The van der Waals surface area contributed by atoms with E-state index >= 15 is 0 Å². The maximum atomic E-state index is 12.4. The minimum absolute atomic E-state index is 0.0849. The van der Waals surface area contributed by atoms with Crippen LogP contribution < -0.4 is 9.46 Å². The Bertz CT molecular complexity index is 1150. The van der Waals surface area contributed by atoms with Crippen LogP contribution in [0.15, 0.2) is 36.4 Å². The summed E-state index contributed by atoms with van der Waals surface area (Å²) in [6, 6.07) is 12.3. The van der Waals surface area contributed by atoms with E-state index in [4.69, 9.17) is 4.74 Å². The van der Waals surface area contributed by atoms with Crippen LogP contribution in [0, 0.1) is 19.3 Å². The highest BCUT2D eigenvalue weighted by Crippen LogP contribution is 2.30. The number of hydrogen-bond donors (Lipinski definition) is 1. The number of rotatable bonds is 14. The number of benzene rings is 2. The zero-order valence-electron chi connectivity index (χ0n) is 23.8. The van der Waals surface area contributed by atoms with E-state index in [9.17, 15) is 13.2 Å². The number of carbonyl (C=O) groups excluding carboxylic acids is 1. The second-order valence-corrected chi connectivity index (χ2v) is 14.6. The van der Waals surface area contributed by atoms with Crippen molar-refractivity contribution in [2.75, 3.05) is 22.8 Å². The molecule has 0 bridgehead atoms. The lowest BCUT2D eigenvalue weighted by Gasteiger charge is -2.20. The van der Waals surface area contributed by atoms with Crippen molar-refractivity contribution >= 4 is 33.3 Å². The normalized spacial score (nSPS) is 13.0. The number of nitrogens with one attached hydrogen (secondary N) is 1. The van der Waals surface area contributed by atoms with Crippen LogP contribution in [0.1, 0.15) is 82.6 Å². The number of anilines is 1.